The summed E-state index contributed by atoms with van der Waals surface area (Å²) < 4.78 is 5.35. The van der Waals surface area contributed by atoms with Crippen LogP contribution in [0.25, 0.3) is 17.2 Å². The molecule has 0 bridgehead atoms. The number of nitrogens with one attached hydrogen (secondary N) is 1. The van der Waals surface area contributed by atoms with Gasteiger partial charge in [-0.2, -0.15) is 0 Å². The quantitative estimate of drug-likeness (QED) is 0.854. The number of nitrogens with zero attached hydrogens (tertiary/aromatic N) is 2. The third-order valence-electron chi connectivity index (χ3n) is 6.24. The van der Waals surface area contributed by atoms with E-state index in [0.717, 1.165) is 28.8 Å². The number of fused-ring (bicyclic) bond motifs is 1. The first-order valence-electron chi connectivity index (χ1n) is 10.7. The number of carbonyl (C=O) groups excluding carboxylic acids is 1. The smallest absolute Gasteiger partial charge is 0.254 e. The van der Waals surface area contributed by atoms with Gasteiger partial charge in [0.2, 0.25) is 0 Å². The maximum absolute atomic E-state index is 12.7. The lowest BCUT2D eigenvalue weighted by molar-refractivity contribution is 0.0303. The van der Waals surface area contributed by atoms with Gasteiger partial charge in [0.05, 0.1) is 24.6 Å². The molecular weight excluding hydrogens is 362 g/mol. The number of benzene rings is 1. The molecule has 3 aliphatic rings. The van der Waals surface area contributed by atoms with Gasteiger partial charge in [-0.15, -0.1) is 0 Å². The van der Waals surface area contributed by atoms with Crippen molar-refractivity contribution in [3.8, 4) is 11.1 Å². The highest BCUT2D eigenvalue weighted by molar-refractivity contribution is 5.95. The third kappa shape index (κ3) is 3.67. The summed E-state index contributed by atoms with van der Waals surface area (Å²) in [4.78, 5) is 19.3. The molecule has 0 unspecified atom stereocenters. The summed E-state index contributed by atoms with van der Waals surface area (Å²) in [6.07, 6.45) is 12.3. The number of ether oxygens (including phenoxy) is 1. The standard InChI is InChI=1S/C24H27N3O2/c28-24(27-12-14-29-15-13-27)18-10-8-17(9-11-18)21-16-25-22-7-3-6-20(22)23(21)26-19-4-1-2-5-19/h3,6,8-11,16,19H,1-2,4-5,7,12-15H2,(H,25,26). The molecule has 1 saturated carbocycles. The molecule has 5 heteroatoms. The van der Waals surface area contributed by atoms with Gasteiger partial charge < -0.3 is 15.0 Å². The molecule has 5 nitrogen and oxygen atoms in total. The lowest BCUT2D eigenvalue weighted by atomic mass is 9.99. The van der Waals surface area contributed by atoms with Crippen molar-refractivity contribution in [2.75, 3.05) is 31.6 Å². The molecule has 1 aromatic heterocycles. The van der Waals surface area contributed by atoms with Gasteiger partial charge in [-0.1, -0.05) is 37.1 Å². The summed E-state index contributed by atoms with van der Waals surface area (Å²) in [5, 5.41) is 3.82. The van der Waals surface area contributed by atoms with Crippen LogP contribution in [-0.2, 0) is 11.2 Å². The van der Waals surface area contributed by atoms with Crippen molar-refractivity contribution in [2.45, 2.75) is 38.1 Å². The number of allylic oxidation sites excluding steroid dienone is 1. The van der Waals surface area contributed by atoms with Crippen molar-refractivity contribution < 1.29 is 9.53 Å². The van der Waals surface area contributed by atoms with Crippen LogP contribution in [0.15, 0.2) is 36.5 Å². The molecule has 29 heavy (non-hydrogen) atoms. The number of aromatic nitrogens is 1. The minimum Gasteiger partial charge on any atom is -0.381 e. The molecule has 1 aromatic carbocycles. The first kappa shape index (κ1) is 18.4. The van der Waals surface area contributed by atoms with Crippen molar-refractivity contribution in [3.05, 3.63) is 53.4 Å². The molecule has 2 fully saturated rings. The number of morpholine rings is 1. The van der Waals surface area contributed by atoms with E-state index in [0.29, 0.717) is 32.3 Å². The highest BCUT2D eigenvalue weighted by atomic mass is 16.5. The van der Waals surface area contributed by atoms with Crippen molar-refractivity contribution in [1.82, 2.24) is 9.88 Å². The molecule has 150 valence electrons. The Labute approximate surface area is 171 Å². The summed E-state index contributed by atoms with van der Waals surface area (Å²) in [5.41, 5.74) is 6.52. The van der Waals surface area contributed by atoms with E-state index in [9.17, 15) is 4.79 Å². The first-order valence-corrected chi connectivity index (χ1v) is 10.7. The molecule has 0 spiro atoms. The Morgan fingerprint density at radius 3 is 2.62 bits per heavy atom. The lowest BCUT2D eigenvalue weighted by Crippen LogP contribution is -2.40. The number of carbonyl (C=O) groups is 1. The maximum atomic E-state index is 12.7. The molecule has 2 aromatic rings. The monoisotopic (exact) mass is 389 g/mol. The Morgan fingerprint density at radius 1 is 1.10 bits per heavy atom. The molecule has 5 rings (SSSR count). The van der Waals surface area contributed by atoms with Crippen LogP contribution in [0.1, 0.15) is 47.3 Å². The SMILES string of the molecule is O=C(c1ccc(-c2cnc3c(c2NC2CCCC2)C=CC3)cc1)N1CCOCC1. The molecule has 0 atom stereocenters. The third-order valence-corrected chi connectivity index (χ3v) is 6.24. The van der Waals surface area contributed by atoms with E-state index in [-0.39, 0.29) is 5.91 Å². The molecule has 2 aliphatic carbocycles. The Hall–Kier alpha value is -2.66. The minimum absolute atomic E-state index is 0.0826. The van der Waals surface area contributed by atoms with E-state index >= 15 is 0 Å². The van der Waals surface area contributed by atoms with Gasteiger partial charge in [0.25, 0.3) is 5.91 Å². The highest BCUT2D eigenvalue weighted by Crippen LogP contribution is 2.37. The number of hydrogen-bond donors (Lipinski definition) is 1. The molecule has 1 aliphatic heterocycles. The van der Waals surface area contributed by atoms with Gasteiger partial charge in [-0.3, -0.25) is 9.78 Å². The highest BCUT2D eigenvalue weighted by Gasteiger charge is 2.22. The predicted molar refractivity (Wildman–Crippen MR) is 115 cm³/mol. The van der Waals surface area contributed by atoms with E-state index in [4.69, 9.17) is 9.72 Å². The fourth-order valence-corrected chi connectivity index (χ4v) is 4.59. The van der Waals surface area contributed by atoms with Crippen LogP contribution in [-0.4, -0.2) is 48.1 Å². The van der Waals surface area contributed by atoms with Crippen LogP contribution in [0.4, 0.5) is 5.69 Å². The molecule has 0 radical (unpaired) electrons. The van der Waals surface area contributed by atoms with Crippen LogP contribution in [0.2, 0.25) is 0 Å². The number of anilines is 1. The number of amides is 1. The first-order chi connectivity index (χ1) is 14.3. The number of pyridine rings is 1. The second-order valence-corrected chi connectivity index (χ2v) is 8.12. The van der Waals surface area contributed by atoms with Crippen LogP contribution < -0.4 is 5.32 Å². The van der Waals surface area contributed by atoms with Crippen LogP contribution in [0, 0.1) is 0 Å². The lowest BCUT2D eigenvalue weighted by Gasteiger charge is -2.27. The second kappa shape index (κ2) is 7.99. The largest absolute Gasteiger partial charge is 0.381 e. The van der Waals surface area contributed by atoms with Crippen LogP contribution in [0.3, 0.4) is 0 Å². The Morgan fingerprint density at radius 2 is 1.86 bits per heavy atom. The number of rotatable bonds is 4. The van der Waals surface area contributed by atoms with Gasteiger partial charge in [-0.05, 0) is 30.5 Å². The molecule has 1 N–H and O–H groups in total. The van der Waals surface area contributed by atoms with Gasteiger partial charge in [0, 0.05) is 48.4 Å². The number of hydrogen-bond acceptors (Lipinski definition) is 4. The molecule has 1 saturated heterocycles. The molecule has 1 amide bonds. The average Bonchev–Trinajstić information content (AvgIpc) is 3.46. The molecule has 2 heterocycles. The Bertz CT molecular complexity index is 924. The van der Waals surface area contributed by atoms with Gasteiger partial charge in [0.1, 0.15) is 0 Å². The summed E-state index contributed by atoms with van der Waals surface area (Å²) in [7, 11) is 0. The Balaban J connectivity index is 1.44. The van der Waals surface area contributed by atoms with Gasteiger partial charge >= 0.3 is 0 Å². The molecular formula is C24H27N3O2. The predicted octanol–water partition coefficient (Wildman–Crippen LogP) is 4.14. The van der Waals surface area contributed by atoms with E-state index in [1.807, 2.05) is 23.2 Å². The summed E-state index contributed by atoms with van der Waals surface area (Å²) in [6, 6.07) is 8.52. The fraction of sp³-hybridized carbons (Fsp3) is 0.417. The van der Waals surface area contributed by atoms with Crippen LogP contribution in [0.5, 0.6) is 0 Å². The topological polar surface area (TPSA) is 54.5 Å². The zero-order chi connectivity index (χ0) is 19.6. The van der Waals surface area contributed by atoms with E-state index < -0.39 is 0 Å². The fourth-order valence-electron chi connectivity index (χ4n) is 4.59. The summed E-state index contributed by atoms with van der Waals surface area (Å²) in [5.74, 6) is 0.0826. The zero-order valence-corrected chi connectivity index (χ0v) is 16.7. The van der Waals surface area contributed by atoms with Gasteiger partial charge in [-0.25, -0.2) is 0 Å². The van der Waals surface area contributed by atoms with Gasteiger partial charge in [0.15, 0.2) is 0 Å². The average molecular weight is 389 g/mol. The Kier molecular flexibility index (Phi) is 5.06. The maximum Gasteiger partial charge on any atom is 0.254 e. The second-order valence-electron chi connectivity index (χ2n) is 8.12. The van der Waals surface area contributed by atoms with Crippen molar-refractivity contribution in [1.29, 1.82) is 0 Å². The normalized spacial score (nSPS) is 18.8. The zero-order valence-electron chi connectivity index (χ0n) is 16.7. The van der Waals surface area contributed by atoms with E-state index in [1.165, 1.54) is 36.9 Å². The van der Waals surface area contributed by atoms with Crippen molar-refractivity contribution >= 4 is 17.7 Å². The van der Waals surface area contributed by atoms with E-state index in [2.05, 4.69) is 29.6 Å². The van der Waals surface area contributed by atoms with E-state index in [1.54, 1.807) is 0 Å². The summed E-state index contributed by atoms with van der Waals surface area (Å²) >= 11 is 0. The summed E-state index contributed by atoms with van der Waals surface area (Å²) in [6.45, 7) is 2.57. The van der Waals surface area contributed by atoms with Crippen molar-refractivity contribution in [3.63, 3.8) is 0 Å². The van der Waals surface area contributed by atoms with Crippen LogP contribution >= 0.6 is 0 Å². The minimum atomic E-state index is 0.0826. The van der Waals surface area contributed by atoms with Crippen molar-refractivity contribution in [2.24, 2.45) is 0 Å².